The van der Waals surface area contributed by atoms with Gasteiger partial charge in [-0.05, 0) is 18.6 Å². The van der Waals surface area contributed by atoms with Crippen molar-refractivity contribution in [3.05, 3.63) is 28.8 Å². The molecule has 0 unspecified atom stereocenters. The van der Waals surface area contributed by atoms with E-state index in [1.165, 1.54) is 12.1 Å². The van der Waals surface area contributed by atoms with Crippen molar-refractivity contribution >= 4 is 12.3 Å². The Morgan fingerprint density at radius 1 is 1.53 bits per heavy atom. The lowest BCUT2D eigenvalue weighted by atomic mass is 10.0. The zero-order chi connectivity index (χ0) is 13.0. The molecule has 0 heterocycles. The fourth-order valence-electron chi connectivity index (χ4n) is 1.49. The van der Waals surface area contributed by atoms with E-state index in [-0.39, 0.29) is 16.9 Å². The molecule has 0 aliphatic rings. The molecular formula is C11H10F2O4. The molecule has 17 heavy (non-hydrogen) atoms. The van der Waals surface area contributed by atoms with E-state index in [0.29, 0.717) is 11.8 Å². The first-order chi connectivity index (χ1) is 7.93. The Bertz CT molecular complexity index is 443. The van der Waals surface area contributed by atoms with E-state index >= 15 is 0 Å². The summed E-state index contributed by atoms with van der Waals surface area (Å²) in [5.74, 6) is -1.56. The summed E-state index contributed by atoms with van der Waals surface area (Å²) in [6.45, 7) is -1.48. The van der Waals surface area contributed by atoms with Crippen molar-refractivity contribution in [1.29, 1.82) is 0 Å². The molecule has 0 saturated heterocycles. The van der Waals surface area contributed by atoms with Crippen molar-refractivity contribution in [3.8, 4) is 5.75 Å². The van der Waals surface area contributed by atoms with Crippen LogP contribution in [0, 0.1) is 6.92 Å². The minimum Gasteiger partial charge on any atom is -0.481 e. The smallest absolute Gasteiger partial charge is 0.387 e. The van der Waals surface area contributed by atoms with E-state index in [0.717, 1.165) is 0 Å². The van der Waals surface area contributed by atoms with Gasteiger partial charge in [-0.2, -0.15) is 8.78 Å². The molecule has 0 saturated carbocycles. The van der Waals surface area contributed by atoms with Crippen LogP contribution in [0.3, 0.4) is 0 Å². The molecule has 0 spiro atoms. The number of aryl methyl sites for hydroxylation is 1. The molecule has 1 N–H and O–H groups in total. The summed E-state index contributed by atoms with van der Waals surface area (Å²) in [6.07, 6.45) is -0.124. The summed E-state index contributed by atoms with van der Waals surface area (Å²) in [5, 5.41) is 8.65. The van der Waals surface area contributed by atoms with E-state index in [4.69, 9.17) is 5.11 Å². The SMILES string of the molecule is Cc1cc(C=O)c(OC(F)F)c(CC(=O)O)c1. The van der Waals surface area contributed by atoms with Crippen LogP contribution in [-0.2, 0) is 11.2 Å². The lowest BCUT2D eigenvalue weighted by Crippen LogP contribution is -2.10. The average molecular weight is 244 g/mol. The topological polar surface area (TPSA) is 63.6 Å². The molecule has 0 aliphatic heterocycles. The van der Waals surface area contributed by atoms with Crippen molar-refractivity contribution in [3.63, 3.8) is 0 Å². The van der Waals surface area contributed by atoms with Gasteiger partial charge in [-0.3, -0.25) is 9.59 Å². The summed E-state index contributed by atoms with van der Waals surface area (Å²) in [4.78, 5) is 21.3. The van der Waals surface area contributed by atoms with Crippen molar-refractivity contribution in [1.82, 2.24) is 0 Å². The van der Waals surface area contributed by atoms with Gasteiger partial charge in [0.15, 0.2) is 6.29 Å². The molecule has 0 amide bonds. The fourth-order valence-corrected chi connectivity index (χ4v) is 1.49. The minimum atomic E-state index is -3.11. The first kappa shape index (κ1) is 13.1. The van der Waals surface area contributed by atoms with Crippen LogP contribution in [0.4, 0.5) is 8.78 Å². The van der Waals surface area contributed by atoms with E-state index in [1.54, 1.807) is 6.92 Å². The number of carboxylic acid groups (broad SMARTS) is 1. The number of carboxylic acids is 1. The number of benzene rings is 1. The average Bonchev–Trinajstić information content (AvgIpc) is 2.20. The van der Waals surface area contributed by atoms with Crippen molar-refractivity contribution in [2.75, 3.05) is 0 Å². The first-order valence-corrected chi connectivity index (χ1v) is 4.69. The zero-order valence-electron chi connectivity index (χ0n) is 8.94. The summed E-state index contributed by atoms with van der Waals surface area (Å²) >= 11 is 0. The second kappa shape index (κ2) is 5.38. The predicted molar refractivity (Wildman–Crippen MR) is 54.5 cm³/mol. The third kappa shape index (κ3) is 3.51. The van der Waals surface area contributed by atoms with Gasteiger partial charge < -0.3 is 9.84 Å². The molecular weight excluding hydrogens is 234 g/mol. The maximum absolute atomic E-state index is 12.2. The largest absolute Gasteiger partial charge is 0.481 e. The Labute approximate surface area is 95.8 Å². The Balaban J connectivity index is 3.27. The molecule has 1 aromatic carbocycles. The Morgan fingerprint density at radius 3 is 2.65 bits per heavy atom. The third-order valence-corrected chi connectivity index (χ3v) is 2.01. The second-order valence-electron chi connectivity index (χ2n) is 3.41. The van der Waals surface area contributed by atoms with Crippen molar-refractivity contribution in [2.24, 2.45) is 0 Å². The van der Waals surface area contributed by atoms with Gasteiger partial charge in [-0.15, -0.1) is 0 Å². The molecule has 1 rings (SSSR count). The fraction of sp³-hybridized carbons (Fsp3) is 0.273. The van der Waals surface area contributed by atoms with Crippen LogP contribution in [0.5, 0.6) is 5.75 Å². The van der Waals surface area contributed by atoms with Crippen LogP contribution < -0.4 is 4.74 Å². The van der Waals surface area contributed by atoms with Gasteiger partial charge in [-0.25, -0.2) is 0 Å². The van der Waals surface area contributed by atoms with Crippen LogP contribution >= 0.6 is 0 Å². The number of hydrogen-bond acceptors (Lipinski definition) is 3. The van der Waals surface area contributed by atoms with E-state index < -0.39 is 19.0 Å². The van der Waals surface area contributed by atoms with Crippen LogP contribution in [-0.4, -0.2) is 24.0 Å². The summed E-state index contributed by atoms with van der Waals surface area (Å²) in [7, 11) is 0. The lowest BCUT2D eigenvalue weighted by molar-refractivity contribution is -0.136. The number of alkyl halides is 2. The maximum Gasteiger partial charge on any atom is 0.387 e. The van der Waals surface area contributed by atoms with Gasteiger partial charge in [0.05, 0.1) is 12.0 Å². The van der Waals surface area contributed by atoms with Gasteiger partial charge >= 0.3 is 12.6 Å². The van der Waals surface area contributed by atoms with Crippen LogP contribution in [0.15, 0.2) is 12.1 Å². The van der Waals surface area contributed by atoms with E-state index in [1.807, 2.05) is 0 Å². The molecule has 0 fully saturated rings. The summed E-state index contributed by atoms with van der Waals surface area (Å²) in [6, 6.07) is 2.76. The number of rotatable bonds is 5. The Hall–Kier alpha value is -1.98. The molecule has 0 radical (unpaired) electrons. The molecule has 0 aromatic heterocycles. The first-order valence-electron chi connectivity index (χ1n) is 4.69. The van der Waals surface area contributed by atoms with Gasteiger partial charge in [-0.1, -0.05) is 6.07 Å². The van der Waals surface area contributed by atoms with Crippen LogP contribution in [0.2, 0.25) is 0 Å². The number of carbonyl (C=O) groups is 2. The normalized spacial score (nSPS) is 10.4. The number of carbonyl (C=O) groups excluding carboxylic acids is 1. The van der Waals surface area contributed by atoms with Crippen LogP contribution in [0.25, 0.3) is 0 Å². The number of aldehydes is 1. The van der Waals surface area contributed by atoms with E-state index in [2.05, 4.69) is 4.74 Å². The van der Waals surface area contributed by atoms with E-state index in [9.17, 15) is 18.4 Å². The monoisotopic (exact) mass is 244 g/mol. The highest BCUT2D eigenvalue weighted by atomic mass is 19.3. The highest BCUT2D eigenvalue weighted by Crippen LogP contribution is 2.27. The standard InChI is InChI=1S/C11H10F2O4/c1-6-2-7(4-9(15)16)10(17-11(12)13)8(3-6)5-14/h2-3,5,11H,4H2,1H3,(H,15,16). The molecule has 0 aliphatic carbocycles. The maximum atomic E-state index is 12.2. The number of aliphatic carboxylic acids is 1. The quantitative estimate of drug-likeness (QED) is 0.805. The molecule has 4 nitrogen and oxygen atoms in total. The predicted octanol–water partition coefficient (Wildman–Crippen LogP) is 2.04. The third-order valence-electron chi connectivity index (χ3n) is 2.01. The summed E-state index contributed by atoms with van der Waals surface area (Å²) < 4.78 is 28.5. The Kier molecular flexibility index (Phi) is 4.14. The molecule has 6 heteroatoms. The van der Waals surface area contributed by atoms with Crippen molar-refractivity contribution < 1.29 is 28.2 Å². The Morgan fingerprint density at radius 2 is 2.18 bits per heavy atom. The highest BCUT2D eigenvalue weighted by Gasteiger charge is 2.17. The minimum absolute atomic E-state index is 0.0555. The van der Waals surface area contributed by atoms with Gasteiger partial charge in [0.1, 0.15) is 5.75 Å². The van der Waals surface area contributed by atoms with Gasteiger partial charge in [0.2, 0.25) is 0 Å². The molecule has 0 bridgehead atoms. The van der Waals surface area contributed by atoms with Gasteiger partial charge in [0.25, 0.3) is 0 Å². The number of ether oxygens (including phenoxy) is 1. The molecule has 92 valence electrons. The number of hydrogen-bond donors (Lipinski definition) is 1. The molecule has 1 aromatic rings. The number of halogens is 2. The summed E-state index contributed by atoms with van der Waals surface area (Å²) in [5.41, 5.74) is 0.575. The van der Waals surface area contributed by atoms with Crippen LogP contribution in [0.1, 0.15) is 21.5 Å². The molecule has 0 atom stereocenters. The zero-order valence-corrected chi connectivity index (χ0v) is 8.94. The lowest BCUT2D eigenvalue weighted by Gasteiger charge is -2.12. The van der Waals surface area contributed by atoms with Crippen molar-refractivity contribution in [2.45, 2.75) is 20.0 Å². The second-order valence-corrected chi connectivity index (χ2v) is 3.41. The van der Waals surface area contributed by atoms with Gasteiger partial charge in [0, 0.05) is 5.56 Å². The highest BCUT2D eigenvalue weighted by molar-refractivity contribution is 5.82.